The zero-order valence-electron chi connectivity index (χ0n) is 11.9. The number of rotatable bonds is 3. The lowest BCUT2D eigenvalue weighted by atomic mass is 10.1. The SMILES string of the molecule is C=C(C)c1ccccc1.C=Cc1ccccc1CC. The molecule has 0 N–H and O–H groups in total. The minimum absolute atomic E-state index is 1.09. The van der Waals surface area contributed by atoms with Gasteiger partial charge in [-0.15, -0.1) is 0 Å². The van der Waals surface area contributed by atoms with Crippen molar-refractivity contribution in [2.24, 2.45) is 0 Å². The summed E-state index contributed by atoms with van der Waals surface area (Å²) in [4.78, 5) is 0. The van der Waals surface area contributed by atoms with Gasteiger partial charge < -0.3 is 0 Å². The van der Waals surface area contributed by atoms with Crippen molar-refractivity contribution >= 4 is 11.6 Å². The predicted octanol–water partition coefficient (Wildman–Crippen LogP) is 5.61. The number of hydrogen-bond donors (Lipinski definition) is 0. The maximum absolute atomic E-state index is 3.83. The van der Waals surface area contributed by atoms with Crippen molar-refractivity contribution in [1.29, 1.82) is 0 Å². The van der Waals surface area contributed by atoms with Gasteiger partial charge in [-0.05, 0) is 30.0 Å². The highest BCUT2D eigenvalue weighted by Gasteiger charge is 1.91. The molecule has 0 atom stereocenters. The Morgan fingerprint density at radius 1 is 1.00 bits per heavy atom. The van der Waals surface area contributed by atoms with Crippen molar-refractivity contribution in [3.8, 4) is 0 Å². The van der Waals surface area contributed by atoms with Gasteiger partial charge in [0, 0.05) is 0 Å². The van der Waals surface area contributed by atoms with Crippen LogP contribution in [0.15, 0.2) is 67.8 Å². The average molecular weight is 250 g/mol. The molecule has 2 rings (SSSR count). The van der Waals surface area contributed by atoms with E-state index in [-0.39, 0.29) is 0 Å². The Morgan fingerprint density at radius 3 is 2.00 bits per heavy atom. The highest BCUT2D eigenvalue weighted by Crippen LogP contribution is 2.09. The summed E-state index contributed by atoms with van der Waals surface area (Å²) in [6.07, 6.45) is 2.99. The van der Waals surface area contributed by atoms with Gasteiger partial charge in [0.2, 0.25) is 0 Å². The van der Waals surface area contributed by atoms with E-state index in [2.05, 4.69) is 50.4 Å². The van der Waals surface area contributed by atoms with Crippen LogP contribution >= 0.6 is 0 Å². The van der Waals surface area contributed by atoms with Crippen molar-refractivity contribution in [2.75, 3.05) is 0 Å². The summed E-state index contributed by atoms with van der Waals surface area (Å²) in [6, 6.07) is 18.5. The molecule has 0 aliphatic carbocycles. The first kappa shape index (κ1) is 15.0. The maximum Gasteiger partial charge on any atom is -0.0231 e. The smallest absolute Gasteiger partial charge is 0.0231 e. The van der Waals surface area contributed by atoms with Gasteiger partial charge in [-0.1, -0.05) is 86.3 Å². The van der Waals surface area contributed by atoms with Crippen molar-refractivity contribution in [2.45, 2.75) is 20.3 Å². The molecule has 0 aromatic heterocycles. The Kier molecular flexibility index (Phi) is 6.38. The third-order valence-corrected chi connectivity index (χ3v) is 2.92. The first-order chi connectivity index (χ1) is 9.19. The third kappa shape index (κ3) is 4.97. The topological polar surface area (TPSA) is 0 Å². The molecule has 98 valence electrons. The van der Waals surface area contributed by atoms with Crippen LogP contribution in [0.1, 0.15) is 30.5 Å². The zero-order chi connectivity index (χ0) is 14.1. The number of aryl methyl sites for hydroxylation is 1. The van der Waals surface area contributed by atoms with Gasteiger partial charge in [0.15, 0.2) is 0 Å². The van der Waals surface area contributed by atoms with E-state index in [1.807, 2.05) is 37.3 Å². The molecule has 0 fully saturated rings. The Labute approximate surface area is 117 Å². The molecule has 0 unspecified atom stereocenters. The Hall–Kier alpha value is -2.08. The molecule has 0 spiro atoms. The Bertz CT molecular complexity index is 521. The summed E-state index contributed by atoms with van der Waals surface area (Å²) >= 11 is 0. The molecular formula is C19H22. The molecule has 0 radical (unpaired) electrons. The van der Waals surface area contributed by atoms with Gasteiger partial charge in [-0.2, -0.15) is 0 Å². The highest BCUT2D eigenvalue weighted by atomic mass is 14.0. The molecule has 0 amide bonds. The second-order valence-electron chi connectivity index (χ2n) is 4.40. The Morgan fingerprint density at radius 2 is 1.58 bits per heavy atom. The van der Waals surface area contributed by atoms with Gasteiger partial charge in [-0.3, -0.25) is 0 Å². The van der Waals surface area contributed by atoms with E-state index < -0.39 is 0 Å². The quantitative estimate of drug-likeness (QED) is 0.664. The van der Waals surface area contributed by atoms with Crippen LogP contribution in [0.2, 0.25) is 0 Å². The molecule has 0 heteroatoms. The zero-order valence-corrected chi connectivity index (χ0v) is 11.9. The molecule has 0 saturated heterocycles. The van der Waals surface area contributed by atoms with E-state index in [1.165, 1.54) is 16.7 Å². The van der Waals surface area contributed by atoms with Crippen LogP contribution in [0.5, 0.6) is 0 Å². The van der Waals surface area contributed by atoms with Gasteiger partial charge >= 0.3 is 0 Å². The standard InChI is InChI=1S/C10H12.C9H10/c1-3-9-7-5-6-8-10(9)4-2;1-8(2)9-6-4-3-5-7-9/h3,5-8H,1,4H2,2H3;3-7H,1H2,2H3. The van der Waals surface area contributed by atoms with Crippen molar-refractivity contribution in [3.05, 3.63) is 84.4 Å². The number of benzene rings is 2. The van der Waals surface area contributed by atoms with Crippen molar-refractivity contribution < 1.29 is 0 Å². The van der Waals surface area contributed by atoms with Crippen LogP contribution in [0, 0.1) is 0 Å². The van der Waals surface area contributed by atoms with E-state index in [0.29, 0.717) is 0 Å². The van der Waals surface area contributed by atoms with Crippen LogP contribution in [0.25, 0.3) is 11.6 Å². The second kappa shape index (κ2) is 8.10. The summed E-state index contributed by atoms with van der Waals surface area (Å²) in [5.41, 5.74) is 4.97. The minimum Gasteiger partial charge on any atom is -0.0985 e. The monoisotopic (exact) mass is 250 g/mol. The van der Waals surface area contributed by atoms with E-state index >= 15 is 0 Å². The fourth-order valence-electron chi connectivity index (χ4n) is 1.78. The van der Waals surface area contributed by atoms with E-state index in [1.54, 1.807) is 0 Å². The van der Waals surface area contributed by atoms with E-state index in [0.717, 1.165) is 12.0 Å². The molecule has 0 heterocycles. The molecule has 2 aromatic carbocycles. The van der Waals surface area contributed by atoms with E-state index in [9.17, 15) is 0 Å². The summed E-state index contributed by atoms with van der Waals surface area (Å²) in [5, 5.41) is 0. The largest absolute Gasteiger partial charge is 0.0985 e. The molecule has 19 heavy (non-hydrogen) atoms. The lowest BCUT2D eigenvalue weighted by molar-refractivity contribution is 1.13. The van der Waals surface area contributed by atoms with Crippen LogP contribution < -0.4 is 0 Å². The van der Waals surface area contributed by atoms with Crippen molar-refractivity contribution in [1.82, 2.24) is 0 Å². The summed E-state index contributed by atoms with van der Waals surface area (Å²) in [5.74, 6) is 0. The molecule has 0 nitrogen and oxygen atoms in total. The first-order valence-electron chi connectivity index (χ1n) is 6.60. The minimum atomic E-state index is 1.09. The van der Waals surface area contributed by atoms with Crippen LogP contribution in [0.4, 0.5) is 0 Å². The van der Waals surface area contributed by atoms with Crippen LogP contribution in [0.3, 0.4) is 0 Å². The summed E-state index contributed by atoms with van der Waals surface area (Å²) in [7, 11) is 0. The maximum atomic E-state index is 3.83. The molecule has 2 aromatic rings. The van der Waals surface area contributed by atoms with Gasteiger partial charge in [0.1, 0.15) is 0 Å². The average Bonchev–Trinajstić information content (AvgIpc) is 2.48. The number of allylic oxidation sites excluding steroid dienone is 1. The fraction of sp³-hybridized carbons (Fsp3) is 0.158. The molecule has 0 aliphatic heterocycles. The third-order valence-electron chi connectivity index (χ3n) is 2.92. The summed E-state index contributed by atoms with van der Waals surface area (Å²) < 4.78 is 0. The molecular weight excluding hydrogens is 228 g/mol. The lowest BCUT2D eigenvalue weighted by Gasteiger charge is -1.99. The highest BCUT2D eigenvalue weighted by molar-refractivity contribution is 5.60. The van der Waals surface area contributed by atoms with Crippen LogP contribution in [-0.2, 0) is 6.42 Å². The lowest BCUT2D eigenvalue weighted by Crippen LogP contribution is -1.83. The summed E-state index contributed by atoms with van der Waals surface area (Å²) in [6.45, 7) is 11.7. The van der Waals surface area contributed by atoms with Gasteiger partial charge in [0.05, 0.1) is 0 Å². The first-order valence-corrected chi connectivity index (χ1v) is 6.60. The van der Waals surface area contributed by atoms with Gasteiger partial charge in [0.25, 0.3) is 0 Å². The second-order valence-corrected chi connectivity index (χ2v) is 4.40. The van der Waals surface area contributed by atoms with Crippen molar-refractivity contribution in [3.63, 3.8) is 0 Å². The number of hydrogen-bond acceptors (Lipinski definition) is 0. The fourth-order valence-corrected chi connectivity index (χ4v) is 1.78. The normalized spacial score (nSPS) is 9.16. The molecule has 0 bridgehead atoms. The Balaban J connectivity index is 0.000000191. The van der Waals surface area contributed by atoms with Crippen LogP contribution in [-0.4, -0.2) is 0 Å². The molecule has 0 aliphatic rings. The molecule has 0 saturated carbocycles. The predicted molar refractivity (Wildman–Crippen MR) is 87.1 cm³/mol. The van der Waals surface area contributed by atoms with E-state index in [4.69, 9.17) is 0 Å². The van der Waals surface area contributed by atoms with Gasteiger partial charge in [-0.25, -0.2) is 0 Å².